The monoisotopic (exact) mass is 439 g/mol. The average Bonchev–Trinajstić information content (AvgIpc) is 2.80. The van der Waals surface area contributed by atoms with Crippen LogP contribution < -0.4 is 4.90 Å². The van der Waals surface area contributed by atoms with Gasteiger partial charge in [0.1, 0.15) is 5.75 Å². The molecule has 0 amide bonds. The second-order valence-electron chi connectivity index (χ2n) is 7.77. The largest absolute Gasteiger partial charge is 0.508 e. The maximum atomic E-state index is 10.7. The minimum Gasteiger partial charge on any atom is -0.508 e. The number of nitrogens with zero attached hydrogens (tertiary/aromatic N) is 3. The van der Waals surface area contributed by atoms with Gasteiger partial charge < -0.3 is 20.2 Å². The quantitative estimate of drug-likeness (QED) is 0.545. The van der Waals surface area contributed by atoms with Gasteiger partial charge in [0.05, 0.1) is 35.2 Å². The van der Waals surface area contributed by atoms with Crippen molar-refractivity contribution in [3.63, 3.8) is 0 Å². The number of hydrogen-bond acceptors (Lipinski definition) is 6. The highest BCUT2D eigenvalue weighted by molar-refractivity contribution is 6.33. The number of aliphatic hydroxyl groups excluding tert-OH is 2. The number of aliphatic hydroxyl groups is 2. The van der Waals surface area contributed by atoms with E-state index in [1.54, 1.807) is 24.4 Å². The van der Waals surface area contributed by atoms with Crippen LogP contribution in [0, 0.1) is 0 Å². The summed E-state index contributed by atoms with van der Waals surface area (Å²) in [5, 5.41) is 30.2. The standard InChI is InChI=1S/C24H26ClN3O3/c25-21-12-20(30)8-9-22(21)28-11-10-27(14-23(28)17-4-2-1-3-5-17)15-24(31)18-6-7-19(16-29)26-13-18/h1-9,12-13,23-24,29-31H,10-11,14-16H2/t23-,24?/m0/s1. The van der Waals surface area contributed by atoms with Crippen molar-refractivity contribution >= 4 is 17.3 Å². The second-order valence-corrected chi connectivity index (χ2v) is 8.18. The van der Waals surface area contributed by atoms with E-state index in [-0.39, 0.29) is 18.4 Å². The van der Waals surface area contributed by atoms with Crippen LogP contribution in [0.1, 0.15) is 29.0 Å². The van der Waals surface area contributed by atoms with Crippen LogP contribution >= 0.6 is 11.6 Å². The molecule has 0 aliphatic carbocycles. The lowest BCUT2D eigenvalue weighted by Gasteiger charge is -2.44. The number of aromatic hydroxyl groups is 1. The first-order valence-electron chi connectivity index (χ1n) is 10.3. The fourth-order valence-electron chi connectivity index (χ4n) is 4.06. The number of phenols is 1. The molecule has 31 heavy (non-hydrogen) atoms. The van der Waals surface area contributed by atoms with E-state index in [1.807, 2.05) is 30.3 Å². The summed E-state index contributed by atoms with van der Waals surface area (Å²) in [5.74, 6) is 0.146. The Labute approximate surface area is 187 Å². The van der Waals surface area contributed by atoms with Gasteiger partial charge in [0, 0.05) is 44.0 Å². The van der Waals surface area contributed by atoms with Crippen LogP contribution in [-0.2, 0) is 6.61 Å². The summed E-state index contributed by atoms with van der Waals surface area (Å²) < 4.78 is 0. The number of pyridine rings is 1. The van der Waals surface area contributed by atoms with Crippen LogP contribution in [0.3, 0.4) is 0 Å². The topological polar surface area (TPSA) is 80.1 Å². The molecule has 162 valence electrons. The van der Waals surface area contributed by atoms with Crippen LogP contribution in [0.15, 0.2) is 66.9 Å². The van der Waals surface area contributed by atoms with Gasteiger partial charge in [-0.15, -0.1) is 0 Å². The Hall–Kier alpha value is -2.64. The number of halogens is 1. The molecule has 7 heteroatoms. The normalized spacial score (nSPS) is 18.2. The number of phenolic OH excluding ortho intramolecular Hbond substituents is 1. The van der Waals surface area contributed by atoms with E-state index in [9.17, 15) is 10.2 Å². The van der Waals surface area contributed by atoms with Gasteiger partial charge in [0.25, 0.3) is 0 Å². The molecule has 4 rings (SSSR count). The molecule has 0 saturated carbocycles. The van der Waals surface area contributed by atoms with Gasteiger partial charge in [0.2, 0.25) is 0 Å². The Morgan fingerprint density at radius 2 is 1.87 bits per heavy atom. The number of β-amino-alcohol motifs (C(OH)–C–C–N with tert-alkyl or cyclic N) is 1. The van der Waals surface area contributed by atoms with Crippen molar-refractivity contribution in [2.24, 2.45) is 0 Å². The van der Waals surface area contributed by atoms with E-state index in [0.29, 0.717) is 17.3 Å². The van der Waals surface area contributed by atoms with Crippen LogP contribution in [0.4, 0.5) is 5.69 Å². The summed E-state index contributed by atoms with van der Waals surface area (Å²) >= 11 is 6.46. The first-order chi connectivity index (χ1) is 15.0. The Morgan fingerprint density at radius 1 is 1.06 bits per heavy atom. The first kappa shape index (κ1) is 21.6. The molecule has 1 aliphatic heterocycles. The third-order valence-electron chi connectivity index (χ3n) is 5.72. The third-order valence-corrected chi connectivity index (χ3v) is 6.02. The highest BCUT2D eigenvalue weighted by Crippen LogP contribution is 2.37. The molecular weight excluding hydrogens is 414 g/mol. The van der Waals surface area contributed by atoms with Crippen LogP contribution in [-0.4, -0.2) is 51.4 Å². The Kier molecular flexibility index (Phi) is 6.73. The van der Waals surface area contributed by atoms with Crippen molar-refractivity contribution in [3.05, 3.63) is 88.7 Å². The van der Waals surface area contributed by atoms with Crippen molar-refractivity contribution in [1.82, 2.24) is 9.88 Å². The van der Waals surface area contributed by atoms with Crippen molar-refractivity contribution < 1.29 is 15.3 Å². The van der Waals surface area contributed by atoms with Crippen molar-refractivity contribution in [1.29, 1.82) is 0 Å². The molecule has 1 unspecified atom stereocenters. The number of anilines is 1. The predicted octanol–water partition coefficient (Wildman–Crippen LogP) is 3.53. The van der Waals surface area contributed by atoms with E-state index in [4.69, 9.17) is 16.7 Å². The van der Waals surface area contributed by atoms with Crippen molar-refractivity contribution in [2.75, 3.05) is 31.1 Å². The van der Waals surface area contributed by atoms with Crippen LogP contribution in [0.2, 0.25) is 5.02 Å². The van der Waals surface area contributed by atoms with Gasteiger partial charge in [-0.05, 0) is 23.8 Å². The Bertz CT molecular complexity index is 1000. The number of benzene rings is 2. The summed E-state index contributed by atoms with van der Waals surface area (Å²) in [5.41, 5.74) is 3.37. The molecular formula is C24H26ClN3O3. The Morgan fingerprint density at radius 3 is 2.55 bits per heavy atom. The zero-order valence-electron chi connectivity index (χ0n) is 17.1. The molecule has 2 heterocycles. The molecule has 0 radical (unpaired) electrons. The van der Waals surface area contributed by atoms with E-state index >= 15 is 0 Å². The van der Waals surface area contributed by atoms with Crippen molar-refractivity contribution in [2.45, 2.75) is 18.8 Å². The van der Waals surface area contributed by atoms with E-state index < -0.39 is 6.10 Å². The first-order valence-corrected chi connectivity index (χ1v) is 10.7. The number of hydrogen-bond donors (Lipinski definition) is 3. The third kappa shape index (κ3) is 4.99. The summed E-state index contributed by atoms with van der Waals surface area (Å²) in [6, 6.07) is 18.9. The average molecular weight is 440 g/mol. The predicted molar refractivity (Wildman–Crippen MR) is 121 cm³/mol. The smallest absolute Gasteiger partial charge is 0.117 e. The van der Waals surface area contributed by atoms with Gasteiger partial charge in [-0.2, -0.15) is 0 Å². The highest BCUT2D eigenvalue weighted by atomic mass is 35.5. The zero-order chi connectivity index (χ0) is 21.8. The fourth-order valence-corrected chi connectivity index (χ4v) is 4.34. The maximum absolute atomic E-state index is 10.7. The molecule has 2 atom stereocenters. The van der Waals surface area contributed by atoms with Crippen molar-refractivity contribution in [3.8, 4) is 5.75 Å². The molecule has 3 aromatic rings. The maximum Gasteiger partial charge on any atom is 0.117 e. The van der Waals surface area contributed by atoms with E-state index in [0.717, 1.165) is 30.9 Å². The molecule has 1 aromatic heterocycles. The molecule has 1 fully saturated rings. The minimum atomic E-state index is -0.666. The van der Waals surface area contributed by atoms with Gasteiger partial charge in [-0.25, -0.2) is 0 Å². The molecule has 1 saturated heterocycles. The zero-order valence-corrected chi connectivity index (χ0v) is 17.9. The number of aromatic nitrogens is 1. The number of rotatable bonds is 6. The van der Waals surface area contributed by atoms with Gasteiger partial charge in [0.15, 0.2) is 0 Å². The Balaban J connectivity index is 1.54. The molecule has 0 bridgehead atoms. The molecule has 2 aromatic carbocycles. The van der Waals surface area contributed by atoms with Gasteiger partial charge >= 0.3 is 0 Å². The summed E-state index contributed by atoms with van der Waals surface area (Å²) in [6.45, 7) is 2.59. The summed E-state index contributed by atoms with van der Waals surface area (Å²) in [7, 11) is 0. The lowest BCUT2D eigenvalue weighted by atomic mass is 10.0. The summed E-state index contributed by atoms with van der Waals surface area (Å²) in [6.07, 6.45) is 0.956. The van der Waals surface area contributed by atoms with E-state index in [2.05, 4.69) is 26.9 Å². The fraction of sp³-hybridized carbons (Fsp3) is 0.292. The van der Waals surface area contributed by atoms with Crippen LogP contribution in [0.5, 0.6) is 5.75 Å². The highest BCUT2D eigenvalue weighted by Gasteiger charge is 2.30. The van der Waals surface area contributed by atoms with Gasteiger partial charge in [-0.3, -0.25) is 9.88 Å². The lowest BCUT2D eigenvalue weighted by molar-refractivity contribution is 0.100. The van der Waals surface area contributed by atoms with Gasteiger partial charge in [-0.1, -0.05) is 48.0 Å². The minimum absolute atomic E-state index is 0.0547. The lowest BCUT2D eigenvalue weighted by Crippen LogP contribution is -2.49. The second kappa shape index (κ2) is 9.66. The number of piperazine rings is 1. The SMILES string of the molecule is OCc1ccc(C(O)CN2CCN(c3ccc(O)cc3Cl)[C@H](c3ccccc3)C2)cn1. The van der Waals surface area contributed by atoms with E-state index in [1.165, 1.54) is 5.56 Å². The molecule has 1 aliphatic rings. The van der Waals surface area contributed by atoms with Crippen LogP contribution in [0.25, 0.3) is 0 Å². The molecule has 0 spiro atoms. The molecule has 6 nitrogen and oxygen atoms in total. The summed E-state index contributed by atoms with van der Waals surface area (Å²) in [4.78, 5) is 8.68. The molecule has 3 N–H and O–H groups in total.